The van der Waals surface area contributed by atoms with Gasteiger partial charge in [-0.1, -0.05) is 27.2 Å². The van der Waals surface area contributed by atoms with Gasteiger partial charge < -0.3 is 10.4 Å². The second-order valence-electron chi connectivity index (χ2n) is 4.43. The maximum Gasteiger partial charge on any atom is 0.0448 e. The Morgan fingerprint density at radius 3 is 2.29 bits per heavy atom. The molecular formula is C12H27NO. The van der Waals surface area contributed by atoms with E-state index in [1.54, 1.807) is 0 Å². The van der Waals surface area contributed by atoms with Crippen LogP contribution >= 0.6 is 0 Å². The van der Waals surface area contributed by atoms with Crippen LogP contribution in [0.1, 0.15) is 59.8 Å². The molecule has 0 fully saturated rings. The Kier molecular flexibility index (Phi) is 7.20. The van der Waals surface area contributed by atoms with Gasteiger partial charge in [0.15, 0.2) is 0 Å². The Morgan fingerprint density at radius 2 is 1.93 bits per heavy atom. The van der Waals surface area contributed by atoms with Crippen molar-refractivity contribution < 1.29 is 5.11 Å². The molecule has 0 aromatic rings. The summed E-state index contributed by atoms with van der Waals surface area (Å²) in [6, 6.07) is 0.608. The Hall–Kier alpha value is -0.0800. The van der Waals surface area contributed by atoms with Crippen molar-refractivity contribution in [3.05, 3.63) is 0 Å². The molecule has 0 aliphatic rings. The van der Waals surface area contributed by atoms with Crippen molar-refractivity contribution in [1.82, 2.24) is 5.32 Å². The first-order valence-electron chi connectivity index (χ1n) is 6.00. The van der Waals surface area contributed by atoms with E-state index in [1.165, 1.54) is 19.3 Å². The highest BCUT2D eigenvalue weighted by Gasteiger charge is 2.23. The van der Waals surface area contributed by atoms with Crippen LogP contribution in [0.15, 0.2) is 0 Å². The minimum atomic E-state index is 0.116. The molecule has 0 aliphatic carbocycles. The van der Waals surface area contributed by atoms with Gasteiger partial charge in [-0.3, -0.25) is 0 Å². The van der Waals surface area contributed by atoms with E-state index in [2.05, 4.69) is 33.0 Å². The number of hydrogen-bond donors (Lipinski definition) is 2. The van der Waals surface area contributed by atoms with E-state index in [1.807, 2.05) is 0 Å². The van der Waals surface area contributed by atoms with Gasteiger partial charge in [0.2, 0.25) is 0 Å². The van der Waals surface area contributed by atoms with Gasteiger partial charge in [0, 0.05) is 18.2 Å². The molecule has 2 atom stereocenters. The van der Waals surface area contributed by atoms with Crippen LogP contribution in [0.3, 0.4) is 0 Å². The van der Waals surface area contributed by atoms with Gasteiger partial charge in [-0.05, 0) is 32.6 Å². The first kappa shape index (κ1) is 13.9. The Bertz CT molecular complexity index is 138. The smallest absolute Gasteiger partial charge is 0.0448 e. The Labute approximate surface area is 89.1 Å². The first-order chi connectivity index (χ1) is 6.61. The molecule has 0 spiro atoms. The third-order valence-corrected chi connectivity index (χ3v) is 3.13. The van der Waals surface area contributed by atoms with Gasteiger partial charge in [0.1, 0.15) is 0 Å². The summed E-state index contributed by atoms with van der Waals surface area (Å²) >= 11 is 0. The number of aliphatic hydroxyl groups excluding tert-OH is 1. The third-order valence-electron chi connectivity index (χ3n) is 3.13. The lowest BCUT2D eigenvalue weighted by molar-refractivity contribution is 0.197. The zero-order valence-corrected chi connectivity index (χ0v) is 10.3. The van der Waals surface area contributed by atoms with Crippen LogP contribution in [-0.4, -0.2) is 23.3 Å². The number of nitrogens with one attached hydrogen (secondary N) is 1. The van der Waals surface area contributed by atoms with Gasteiger partial charge in [-0.15, -0.1) is 0 Å². The van der Waals surface area contributed by atoms with Gasteiger partial charge in [0.25, 0.3) is 0 Å². The molecule has 0 saturated heterocycles. The zero-order valence-electron chi connectivity index (χ0n) is 10.3. The van der Waals surface area contributed by atoms with Crippen molar-refractivity contribution in [1.29, 1.82) is 0 Å². The fourth-order valence-corrected chi connectivity index (χ4v) is 1.82. The summed E-state index contributed by atoms with van der Waals surface area (Å²) in [5, 5.41) is 12.7. The van der Waals surface area contributed by atoms with E-state index in [-0.39, 0.29) is 12.1 Å². The quantitative estimate of drug-likeness (QED) is 0.633. The molecule has 2 unspecified atom stereocenters. The van der Waals surface area contributed by atoms with Crippen LogP contribution in [0, 0.1) is 0 Å². The molecule has 2 nitrogen and oxygen atoms in total. The van der Waals surface area contributed by atoms with Crippen LogP contribution in [0.4, 0.5) is 0 Å². The highest BCUT2D eigenvalue weighted by atomic mass is 16.3. The second kappa shape index (κ2) is 7.24. The van der Waals surface area contributed by atoms with Crippen molar-refractivity contribution in [3.8, 4) is 0 Å². The Balaban J connectivity index is 4.11. The topological polar surface area (TPSA) is 32.3 Å². The second-order valence-corrected chi connectivity index (χ2v) is 4.43. The van der Waals surface area contributed by atoms with Gasteiger partial charge in [-0.25, -0.2) is 0 Å². The minimum absolute atomic E-state index is 0.116. The van der Waals surface area contributed by atoms with Crippen LogP contribution in [0.2, 0.25) is 0 Å². The van der Waals surface area contributed by atoms with E-state index < -0.39 is 0 Å². The summed E-state index contributed by atoms with van der Waals surface area (Å²) in [6.07, 6.45) is 5.56. The molecule has 2 heteroatoms. The number of rotatable bonds is 8. The molecule has 0 radical (unpaired) electrons. The predicted molar refractivity (Wildman–Crippen MR) is 62.5 cm³/mol. The average Bonchev–Trinajstić information content (AvgIpc) is 2.17. The van der Waals surface area contributed by atoms with E-state index in [9.17, 15) is 0 Å². The van der Waals surface area contributed by atoms with Gasteiger partial charge in [-0.2, -0.15) is 0 Å². The van der Waals surface area contributed by atoms with Gasteiger partial charge >= 0.3 is 0 Å². The summed E-state index contributed by atoms with van der Waals surface area (Å²) < 4.78 is 0. The van der Waals surface area contributed by atoms with Gasteiger partial charge in [0.05, 0.1) is 0 Å². The molecule has 0 saturated carbocycles. The molecule has 0 amide bonds. The minimum Gasteiger partial charge on any atom is -0.396 e. The Morgan fingerprint density at radius 1 is 1.29 bits per heavy atom. The lowest BCUT2D eigenvalue weighted by atomic mass is 9.92. The van der Waals surface area contributed by atoms with E-state index in [0.717, 1.165) is 12.8 Å². The summed E-state index contributed by atoms with van der Waals surface area (Å²) in [5.74, 6) is 0. The fraction of sp³-hybridized carbons (Fsp3) is 1.00. The standard InChI is InChI=1S/C12H27NO/c1-5-8-11(6-2)13-12(4,7-3)9-10-14/h11,13-14H,5-10H2,1-4H3. The maximum atomic E-state index is 9.01. The van der Waals surface area contributed by atoms with Crippen molar-refractivity contribution >= 4 is 0 Å². The van der Waals surface area contributed by atoms with Crippen LogP contribution < -0.4 is 5.32 Å². The van der Waals surface area contributed by atoms with E-state index in [0.29, 0.717) is 6.04 Å². The first-order valence-corrected chi connectivity index (χ1v) is 6.00. The van der Waals surface area contributed by atoms with Crippen molar-refractivity contribution in [2.45, 2.75) is 71.4 Å². The van der Waals surface area contributed by atoms with Crippen molar-refractivity contribution in [2.75, 3.05) is 6.61 Å². The van der Waals surface area contributed by atoms with E-state index in [4.69, 9.17) is 5.11 Å². The highest BCUT2D eigenvalue weighted by Crippen LogP contribution is 2.17. The molecule has 0 aliphatic heterocycles. The predicted octanol–water partition coefficient (Wildman–Crippen LogP) is 2.71. The highest BCUT2D eigenvalue weighted by molar-refractivity contribution is 4.84. The number of aliphatic hydroxyl groups is 1. The molecule has 0 aromatic heterocycles. The molecule has 0 aromatic carbocycles. The monoisotopic (exact) mass is 201 g/mol. The molecular weight excluding hydrogens is 174 g/mol. The SMILES string of the molecule is CCCC(CC)NC(C)(CC)CCO. The normalized spacial score (nSPS) is 17.8. The maximum absolute atomic E-state index is 9.01. The van der Waals surface area contributed by atoms with Crippen LogP contribution in [0.5, 0.6) is 0 Å². The number of hydrogen-bond acceptors (Lipinski definition) is 2. The van der Waals surface area contributed by atoms with Crippen molar-refractivity contribution in [2.24, 2.45) is 0 Å². The summed E-state index contributed by atoms with van der Waals surface area (Å²) in [5.41, 5.74) is 0.116. The lowest BCUT2D eigenvalue weighted by Gasteiger charge is -2.34. The van der Waals surface area contributed by atoms with Crippen molar-refractivity contribution in [3.63, 3.8) is 0 Å². The molecule has 86 valence electrons. The zero-order chi connectivity index (χ0) is 11.0. The summed E-state index contributed by atoms with van der Waals surface area (Å²) in [6.45, 7) is 9.12. The fourth-order valence-electron chi connectivity index (χ4n) is 1.82. The lowest BCUT2D eigenvalue weighted by Crippen LogP contribution is -2.48. The van der Waals surface area contributed by atoms with E-state index >= 15 is 0 Å². The third kappa shape index (κ3) is 4.97. The molecule has 0 rings (SSSR count). The summed E-state index contributed by atoms with van der Waals surface area (Å²) in [4.78, 5) is 0. The van der Waals surface area contributed by atoms with Crippen LogP contribution in [0.25, 0.3) is 0 Å². The molecule has 0 heterocycles. The molecule has 14 heavy (non-hydrogen) atoms. The molecule has 0 bridgehead atoms. The average molecular weight is 201 g/mol. The summed E-state index contributed by atoms with van der Waals surface area (Å²) in [7, 11) is 0. The molecule has 2 N–H and O–H groups in total. The van der Waals surface area contributed by atoms with Crippen LogP contribution in [-0.2, 0) is 0 Å². The largest absolute Gasteiger partial charge is 0.396 e.